The van der Waals surface area contributed by atoms with E-state index >= 15 is 0 Å². The summed E-state index contributed by atoms with van der Waals surface area (Å²) in [6.07, 6.45) is 11.1. The maximum Gasteiger partial charge on any atom is 0.0571 e. The molecule has 15 heavy (non-hydrogen) atoms. The highest BCUT2D eigenvalue weighted by atomic mass is 16.3. The van der Waals surface area contributed by atoms with Crippen molar-refractivity contribution in [3.63, 3.8) is 0 Å². The summed E-state index contributed by atoms with van der Waals surface area (Å²) in [6.45, 7) is 0. The van der Waals surface area contributed by atoms with E-state index < -0.39 is 0 Å². The summed E-state index contributed by atoms with van der Waals surface area (Å²) in [5.74, 6) is 1.17. The molecule has 0 heterocycles. The molecule has 0 aromatic rings. The van der Waals surface area contributed by atoms with Crippen molar-refractivity contribution in [3.8, 4) is 0 Å². The second kappa shape index (κ2) is 5.31. The molecule has 2 aliphatic rings. The van der Waals surface area contributed by atoms with Gasteiger partial charge in [0.2, 0.25) is 0 Å². The van der Waals surface area contributed by atoms with Gasteiger partial charge in [-0.25, -0.2) is 0 Å². The Labute approximate surface area is 93.2 Å². The molecule has 2 nitrogen and oxygen atoms in total. The molecule has 2 saturated carbocycles. The minimum absolute atomic E-state index is 0.0700. The molecule has 0 aromatic carbocycles. The lowest BCUT2D eigenvalue weighted by Crippen LogP contribution is -2.31. The Bertz CT molecular complexity index is 189. The molecule has 2 fully saturated rings. The fourth-order valence-corrected chi connectivity index (χ4v) is 3.38. The number of rotatable bonds is 3. The Hall–Kier alpha value is -0.0800. The largest absolute Gasteiger partial charge is 0.393 e. The van der Waals surface area contributed by atoms with Crippen LogP contribution < -0.4 is 5.73 Å². The molecule has 3 N–H and O–H groups in total. The van der Waals surface area contributed by atoms with Gasteiger partial charge in [-0.1, -0.05) is 25.7 Å². The number of hydrogen-bond donors (Lipinski definition) is 2. The maximum atomic E-state index is 10.2. The van der Waals surface area contributed by atoms with Crippen LogP contribution in [0.15, 0.2) is 0 Å². The van der Waals surface area contributed by atoms with Crippen LogP contribution in [0.25, 0.3) is 0 Å². The molecule has 2 heteroatoms. The van der Waals surface area contributed by atoms with Gasteiger partial charge in [-0.05, 0) is 43.9 Å². The Kier molecular flexibility index (Phi) is 4.04. The molecule has 0 bridgehead atoms. The van der Waals surface area contributed by atoms with Crippen molar-refractivity contribution in [1.29, 1.82) is 0 Å². The van der Waals surface area contributed by atoms with Crippen molar-refractivity contribution in [2.75, 3.05) is 0 Å². The van der Waals surface area contributed by atoms with Crippen LogP contribution in [0.2, 0.25) is 0 Å². The molecule has 3 atom stereocenters. The molecule has 0 spiro atoms. The molecule has 0 aliphatic heterocycles. The highest BCUT2D eigenvalue weighted by Crippen LogP contribution is 2.33. The molecule has 2 aliphatic carbocycles. The SMILES string of the molecule is NC1CCCC1CC(O)C1CCCCC1. The maximum absolute atomic E-state index is 10.2. The molecular weight excluding hydrogens is 186 g/mol. The zero-order chi connectivity index (χ0) is 10.7. The zero-order valence-corrected chi connectivity index (χ0v) is 9.70. The van der Waals surface area contributed by atoms with Gasteiger partial charge in [-0.3, -0.25) is 0 Å². The molecule has 2 rings (SSSR count). The lowest BCUT2D eigenvalue weighted by Gasteiger charge is -2.29. The van der Waals surface area contributed by atoms with Crippen molar-refractivity contribution in [1.82, 2.24) is 0 Å². The van der Waals surface area contributed by atoms with Gasteiger partial charge in [0.25, 0.3) is 0 Å². The summed E-state index contributed by atoms with van der Waals surface area (Å²) in [4.78, 5) is 0. The van der Waals surface area contributed by atoms with Crippen LogP contribution in [0.1, 0.15) is 57.8 Å². The number of nitrogens with two attached hydrogens (primary N) is 1. The fraction of sp³-hybridized carbons (Fsp3) is 1.00. The van der Waals surface area contributed by atoms with Gasteiger partial charge in [-0.15, -0.1) is 0 Å². The van der Waals surface area contributed by atoms with E-state index in [2.05, 4.69) is 0 Å². The first-order valence-electron chi connectivity index (χ1n) is 6.71. The van der Waals surface area contributed by atoms with E-state index in [9.17, 15) is 5.11 Å². The van der Waals surface area contributed by atoms with Crippen molar-refractivity contribution < 1.29 is 5.11 Å². The normalized spacial score (nSPS) is 35.6. The first-order valence-corrected chi connectivity index (χ1v) is 6.71. The number of hydrogen-bond acceptors (Lipinski definition) is 2. The Morgan fingerprint density at radius 2 is 1.73 bits per heavy atom. The van der Waals surface area contributed by atoms with Gasteiger partial charge < -0.3 is 10.8 Å². The standard InChI is InChI=1S/C13H25NO/c14-12-8-4-7-11(12)9-13(15)10-5-2-1-3-6-10/h10-13,15H,1-9,14H2. The van der Waals surface area contributed by atoms with Crippen LogP contribution in [0, 0.1) is 11.8 Å². The van der Waals surface area contributed by atoms with Crippen molar-refractivity contribution in [3.05, 3.63) is 0 Å². The predicted molar refractivity (Wildman–Crippen MR) is 62.5 cm³/mol. The molecule has 0 aromatic heterocycles. The summed E-state index contributed by atoms with van der Waals surface area (Å²) in [7, 11) is 0. The zero-order valence-electron chi connectivity index (χ0n) is 9.70. The smallest absolute Gasteiger partial charge is 0.0571 e. The second-order valence-corrected chi connectivity index (χ2v) is 5.56. The van der Waals surface area contributed by atoms with Gasteiger partial charge in [-0.2, -0.15) is 0 Å². The number of aliphatic hydroxyl groups excluding tert-OH is 1. The summed E-state index contributed by atoms with van der Waals surface area (Å²) in [5.41, 5.74) is 6.05. The van der Waals surface area contributed by atoms with Crippen molar-refractivity contribution >= 4 is 0 Å². The van der Waals surface area contributed by atoms with Crippen LogP contribution in [0.3, 0.4) is 0 Å². The summed E-state index contributed by atoms with van der Waals surface area (Å²) >= 11 is 0. The third-order valence-electron chi connectivity index (χ3n) is 4.46. The van der Waals surface area contributed by atoms with Gasteiger partial charge >= 0.3 is 0 Å². The van der Waals surface area contributed by atoms with Crippen molar-refractivity contribution in [2.24, 2.45) is 17.6 Å². The molecule has 0 amide bonds. The Balaban J connectivity index is 1.77. The fourth-order valence-electron chi connectivity index (χ4n) is 3.38. The van der Waals surface area contributed by atoms with Gasteiger partial charge in [0.1, 0.15) is 0 Å². The lowest BCUT2D eigenvalue weighted by atomic mass is 9.81. The Morgan fingerprint density at radius 1 is 1.00 bits per heavy atom. The van der Waals surface area contributed by atoms with Crippen LogP contribution in [0.5, 0.6) is 0 Å². The van der Waals surface area contributed by atoms with Crippen LogP contribution in [-0.2, 0) is 0 Å². The predicted octanol–water partition coefficient (Wildman–Crippen LogP) is 2.45. The Morgan fingerprint density at radius 3 is 2.33 bits per heavy atom. The quantitative estimate of drug-likeness (QED) is 0.753. The van der Waals surface area contributed by atoms with Gasteiger partial charge in [0.15, 0.2) is 0 Å². The lowest BCUT2D eigenvalue weighted by molar-refractivity contribution is 0.0608. The van der Waals surface area contributed by atoms with E-state index in [0.717, 1.165) is 6.42 Å². The topological polar surface area (TPSA) is 46.2 Å². The monoisotopic (exact) mass is 211 g/mol. The van der Waals surface area contributed by atoms with E-state index in [0.29, 0.717) is 17.9 Å². The highest BCUT2D eigenvalue weighted by Gasteiger charge is 2.29. The summed E-state index contributed by atoms with van der Waals surface area (Å²) < 4.78 is 0. The van der Waals surface area contributed by atoms with E-state index in [-0.39, 0.29) is 6.10 Å². The van der Waals surface area contributed by atoms with E-state index in [1.807, 2.05) is 0 Å². The molecule has 0 radical (unpaired) electrons. The van der Waals surface area contributed by atoms with E-state index in [1.165, 1.54) is 51.4 Å². The molecule has 88 valence electrons. The molecular formula is C13H25NO. The average Bonchev–Trinajstić information content (AvgIpc) is 2.66. The van der Waals surface area contributed by atoms with Gasteiger partial charge in [0.05, 0.1) is 6.10 Å². The first kappa shape index (κ1) is 11.4. The number of aliphatic hydroxyl groups is 1. The molecule has 0 saturated heterocycles. The van der Waals surface area contributed by atoms with Crippen LogP contribution in [-0.4, -0.2) is 17.3 Å². The first-order chi connectivity index (χ1) is 7.27. The van der Waals surface area contributed by atoms with E-state index in [4.69, 9.17) is 5.73 Å². The minimum Gasteiger partial charge on any atom is -0.393 e. The van der Waals surface area contributed by atoms with Crippen molar-refractivity contribution in [2.45, 2.75) is 69.9 Å². The van der Waals surface area contributed by atoms with Gasteiger partial charge in [0, 0.05) is 6.04 Å². The summed E-state index contributed by atoms with van der Waals surface area (Å²) in [6, 6.07) is 0.364. The minimum atomic E-state index is -0.0700. The second-order valence-electron chi connectivity index (χ2n) is 5.56. The van der Waals surface area contributed by atoms with Crippen LogP contribution >= 0.6 is 0 Å². The van der Waals surface area contributed by atoms with E-state index in [1.54, 1.807) is 0 Å². The average molecular weight is 211 g/mol. The third-order valence-corrected chi connectivity index (χ3v) is 4.46. The third kappa shape index (κ3) is 2.94. The molecule has 3 unspecified atom stereocenters. The highest BCUT2D eigenvalue weighted by molar-refractivity contribution is 4.84. The summed E-state index contributed by atoms with van der Waals surface area (Å²) in [5, 5.41) is 10.2. The van der Waals surface area contributed by atoms with Crippen LogP contribution in [0.4, 0.5) is 0 Å².